The van der Waals surface area contributed by atoms with E-state index in [1.54, 1.807) is 18.2 Å². The minimum absolute atomic E-state index is 0.0142. The zero-order valence-corrected chi connectivity index (χ0v) is 14.0. The highest BCUT2D eigenvalue weighted by molar-refractivity contribution is 6.09. The monoisotopic (exact) mass is 347 g/mol. The lowest BCUT2D eigenvalue weighted by atomic mass is 9.90. The van der Waals surface area contributed by atoms with E-state index in [0.717, 1.165) is 30.6 Å². The molecule has 1 aromatic carbocycles. The second-order valence-electron chi connectivity index (χ2n) is 6.69. The van der Waals surface area contributed by atoms with Crippen LogP contribution in [-0.2, 0) is 16.1 Å². The number of nitrogens with one attached hydrogen (secondary N) is 2. The number of carbonyl (C=O) groups is 3. The summed E-state index contributed by atoms with van der Waals surface area (Å²) in [5.41, 5.74) is -0.493. The summed E-state index contributed by atoms with van der Waals surface area (Å²) >= 11 is 0. The van der Waals surface area contributed by atoms with Crippen LogP contribution in [0.15, 0.2) is 24.3 Å². The highest BCUT2D eigenvalue weighted by Gasteiger charge is 2.51. The number of benzene rings is 1. The Kier molecular flexibility index (Phi) is 5.01. The van der Waals surface area contributed by atoms with Crippen molar-refractivity contribution in [1.82, 2.24) is 15.5 Å². The predicted molar refractivity (Wildman–Crippen MR) is 88.9 cm³/mol. The van der Waals surface area contributed by atoms with Crippen molar-refractivity contribution < 1.29 is 18.8 Å². The van der Waals surface area contributed by atoms with Crippen LogP contribution in [0.3, 0.4) is 0 Å². The van der Waals surface area contributed by atoms with Gasteiger partial charge in [0, 0.05) is 12.1 Å². The lowest BCUT2D eigenvalue weighted by Crippen LogP contribution is -2.47. The van der Waals surface area contributed by atoms with Gasteiger partial charge >= 0.3 is 6.03 Å². The summed E-state index contributed by atoms with van der Waals surface area (Å²) in [4.78, 5) is 38.0. The fourth-order valence-corrected chi connectivity index (χ4v) is 3.53. The third kappa shape index (κ3) is 3.65. The van der Waals surface area contributed by atoms with E-state index >= 15 is 0 Å². The molecule has 3 rings (SSSR count). The molecule has 2 aliphatic rings. The fraction of sp³-hybridized carbons (Fsp3) is 0.500. The molecule has 2 N–H and O–H groups in total. The Balaban J connectivity index is 1.60. The molecule has 0 radical (unpaired) electrons. The number of urea groups is 1. The first-order chi connectivity index (χ1) is 12.0. The first-order valence-electron chi connectivity index (χ1n) is 8.66. The number of hydrogen-bond acceptors (Lipinski definition) is 3. The average molecular weight is 347 g/mol. The highest BCUT2D eigenvalue weighted by Crippen LogP contribution is 2.32. The normalized spacial score (nSPS) is 19.6. The summed E-state index contributed by atoms with van der Waals surface area (Å²) < 4.78 is 13.6. The minimum Gasteiger partial charge on any atom is -0.350 e. The average Bonchev–Trinajstić information content (AvgIpc) is 2.76. The Morgan fingerprint density at radius 2 is 1.84 bits per heavy atom. The smallest absolute Gasteiger partial charge is 0.325 e. The Morgan fingerprint density at radius 3 is 2.52 bits per heavy atom. The topological polar surface area (TPSA) is 78.5 Å². The van der Waals surface area contributed by atoms with Crippen molar-refractivity contribution in [2.45, 2.75) is 50.6 Å². The molecule has 7 heteroatoms. The molecule has 1 aliphatic carbocycles. The molecule has 0 aromatic heterocycles. The van der Waals surface area contributed by atoms with E-state index in [2.05, 4.69) is 10.6 Å². The maximum Gasteiger partial charge on any atom is 0.325 e. The van der Waals surface area contributed by atoms with Crippen molar-refractivity contribution >= 4 is 17.8 Å². The number of nitrogens with zero attached hydrogens (tertiary/aromatic N) is 1. The van der Waals surface area contributed by atoms with Crippen LogP contribution in [-0.4, -0.2) is 34.8 Å². The molecular weight excluding hydrogens is 325 g/mol. The van der Waals surface area contributed by atoms with Crippen LogP contribution in [0, 0.1) is 5.82 Å². The first kappa shape index (κ1) is 17.4. The molecule has 4 amide bonds. The zero-order valence-electron chi connectivity index (χ0n) is 14.0. The van der Waals surface area contributed by atoms with Gasteiger partial charge in [0.25, 0.3) is 5.91 Å². The van der Waals surface area contributed by atoms with Gasteiger partial charge in [-0.3, -0.25) is 14.5 Å². The quantitative estimate of drug-likeness (QED) is 0.819. The van der Waals surface area contributed by atoms with E-state index in [0.29, 0.717) is 18.4 Å². The number of halogens is 1. The number of carbonyl (C=O) groups excluding carboxylic acids is 3. The standard InChI is InChI=1S/C18H22FN3O3/c19-14-8-4-3-7-13(14)11-20-15(23)12-22-16(24)18(21-17(22)25)9-5-1-2-6-10-18/h3-4,7-8H,1-2,5-6,9-12H2,(H,20,23)(H,21,25). The third-order valence-corrected chi connectivity index (χ3v) is 4.94. The van der Waals surface area contributed by atoms with Crippen LogP contribution in [0.2, 0.25) is 0 Å². The summed E-state index contributed by atoms with van der Waals surface area (Å²) in [7, 11) is 0. The van der Waals surface area contributed by atoms with Crippen molar-refractivity contribution in [3.63, 3.8) is 0 Å². The summed E-state index contributed by atoms with van der Waals surface area (Å²) in [5.74, 6) is -1.21. The van der Waals surface area contributed by atoms with E-state index in [4.69, 9.17) is 0 Å². The largest absolute Gasteiger partial charge is 0.350 e. The molecule has 1 heterocycles. The molecule has 1 saturated heterocycles. The Hall–Kier alpha value is -2.44. The first-order valence-corrected chi connectivity index (χ1v) is 8.66. The molecule has 0 atom stereocenters. The van der Waals surface area contributed by atoms with Gasteiger partial charge in [0.1, 0.15) is 17.9 Å². The Labute approximate surface area is 145 Å². The Morgan fingerprint density at radius 1 is 1.16 bits per heavy atom. The van der Waals surface area contributed by atoms with Crippen molar-refractivity contribution in [2.24, 2.45) is 0 Å². The van der Waals surface area contributed by atoms with Crippen molar-refractivity contribution in [1.29, 1.82) is 0 Å². The van der Waals surface area contributed by atoms with E-state index < -0.39 is 23.3 Å². The molecule has 1 spiro atoms. The van der Waals surface area contributed by atoms with Crippen molar-refractivity contribution in [3.8, 4) is 0 Å². The van der Waals surface area contributed by atoms with Gasteiger partial charge in [-0.05, 0) is 18.9 Å². The zero-order chi connectivity index (χ0) is 17.9. The van der Waals surface area contributed by atoms with Crippen LogP contribution in [0.4, 0.5) is 9.18 Å². The minimum atomic E-state index is -0.848. The number of rotatable bonds is 4. The molecule has 0 unspecified atom stereocenters. The van der Waals surface area contributed by atoms with Crippen LogP contribution in [0.5, 0.6) is 0 Å². The second kappa shape index (κ2) is 7.21. The van der Waals surface area contributed by atoms with Gasteiger partial charge < -0.3 is 10.6 Å². The lowest BCUT2D eigenvalue weighted by molar-refractivity contribution is -0.135. The number of amides is 4. The van der Waals surface area contributed by atoms with Gasteiger partial charge in [-0.15, -0.1) is 0 Å². The maximum atomic E-state index is 13.6. The predicted octanol–water partition coefficient (Wildman–Crippen LogP) is 2.09. The molecular formula is C18H22FN3O3. The van der Waals surface area contributed by atoms with Gasteiger partial charge in [-0.2, -0.15) is 0 Å². The van der Waals surface area contributed by atoms with E-state index in [1.165, 1.54) is 6.07 Å². The van der Waals surface area contributed by atoms with Crippen molar-refractivity contribution in [2.75, 3.05) is 6.54 Å². The summed E-state index contributed by atoms with van der Waals surface area (Å²) in [6.07, 6.45) is 5.11. The van der Waals surface area contributed by atoms with Crippen molar-refractivity contribution in [3.05, 3.63) is 35.6 Å². The van der Waals surface area contributed by atoms with Gasteiger partial charge in [0.15, 0.2) is 0 Å². The van der Waals surface area contributed by atoms with Gasteiger partial charge in [0.05, 0.1) is 0 Å². The number of imide groups is 1. The summed E-state index contributed by atoms with van der Waals surface area (Å²) in [6.45, 7) is -0.332. The van der Waals surface area contributed by atoms with E-state index in [9.17, 15) is 18.8 Å². The highest BCUT2D eigenvalue weighted by atomic mass is 19.1. The van der Waals surface area contributed by atoms with E-state index in [1.807, 2.05) is 0 Å². The van der Waals surface area contributed by atoms with Crippen LogP contribution in [0.25, 0.3) is 0 Å². The Bertz CT molecular complexity index is 684. The maximum absolute atomic E-state index is 13.6. The molecule has 134 valence electrons. The second-order valence-corrected chi connectivity index (χ2v) is 6.69. The SMILES string of the molecule is O=C(CN1C(=O)NC2(CCCCCC2)C1=O)NCc1ccccc1F. The van der Waals surface area contributed by atoms with Gasteiger partial charge in [-0.25, -0.2) is 9.18 Å². The van der Waals surface area contributed by atoms with Crippen LogP contribution < -0.4 is 10.6 Å². The molecule has 1 aromatic rings. The summed E-state index contributed by atoms with van der Waals surface area (Å²) in [6, 6.07) is 5.61. The molecule has 25 heavy (non-hydrogen) atoms. The van der Waals surface area contributed by atoms with Crippen LogP contribution in [0.1, 0.15) is 44.1 Å². The molecule has 1 saturated carbocycles. The fourth-order valence-electron chi connectivity index (χ4n) is 3.53. The van der Waals surface area contributed by atoms with Crippen LogP contribution >= 0.6 is 0 Å². The third-order valence-electron chi connectivity index (χ3n) is 4.94. The summed E-state index contributed by atoms with van der Waals surface area (Å²) in [5, 5.41) is 5.35. The molecule has 2 fully saturated rings. The lowest BCUT2D eigenvalue weighted by Gasteiger charge is -2.24. The molecule has 1 aliphatic heterocycles. The van der Waals surface area contributed by atoms with Gasteiger partial charge in [-0.1, -0.05) is 43.9 Å². The molecule has 0 bridgehead atoms. The van der Waals surface area contributed by atoms with Gasteiger partial charge in [0.2, 0.25) is 5.91 Å². The van der Waals surface area contributed by atoms with E-state index in [-0.39, 0.29) is 19.0 Å². The molecule has 6 nitrogen and oxygen atoms in total. The number of hydrogen-bond donors (Lipinski definition) is 2.